The highest BCUT2D eigenvalue weighted by Crippen LogP contribution is 2.30. The molecule has 0 N–H and O–H groups in total. The van der Waals surface area contributed by atoms with Crippen molar-refractivity contribution in [1.82, 2.24) is 9.80 Å². The summed E-state index contributed by atoms with van der Waals surface area (Å²) in [5.74, 6) is 0.189. The normalized spacial score (nSPS) is 16.3. The van der Waals surface area contributed by atoms with Crippen molar-refractivity contribution in [2.75, 3.05) is 33.2 Å². The Bertz CT molecular complexity index is 860. The van der Waals surface area contributed by atoms with Crippen molar-refractivity contribution >= 4 is 27.6 Å². The van der Waals surface area contributed by atoms with E-state index in [9.17, 15) is 4.79 Å². The van der Waals surface area contributed by atoms with Crippen LogP contribution in [0.3, 0.4) is 0 Å². The van der Waals surface area contributed by atoms with Gasteiger partial charge in [0.1, 0.15) is 5.58 Å². The SMILES string of the molecule is CN1CCN(C(=O)Cc2coc3ccc4ccccc4c23)CC1. The fourth-order valence-corrected chi connectivity index (χ4v) is 3.34. The molecule has 0 radical (unpaired) electrons. The molecule has 0 saturated carbocycles. The first kappa shape index (κ1) is 14.3. The van der Waals surface area contributed by atoms with Gasteiger partial charge >= 0.3 is 0 Å². The summed E-state index contributed by atoms with van der Waals surface area (Å²) in [4.78, 5) is 16.8. The number of fused-ring (bicyclic) bond motifs is 3. The molecular formula is C19H20N2O2. The summed E-state index contributed by atoms with van der Waals surface area (Å²) in [6.07, 6.45) is 2.15. The highest BCUT2D eigenvalue weighted by molar-refractivity contribution is 6.08. The predicted molar refractivity (Wildman–Crippen MR) is 91.5 cm³/mol. The van der Waals surface area contributed by atoms with Crippen LogP contribution in [0, 0.1) is 0 Å². The van der Waals surface area contributed by atoms with E-state index in [-0.39, 0.29) is 5.91 Å². The van der Waals surface area contributed by atoms with Gasteiger partial charge in [-0.05, 0) is 23.9 Å². The molecule has 1 fully saturated rings. The molecule has 1 saturated heterocycles. The van der Waals surface area contributed by atoms with Gasteiger partial charge in [0.05, 0.1) is 12.7 Å². The number of amides is 1. The fraction of sp³-hybridized carbons (Fsp3) is 0.316. The molecule has 4 nitrogen and oxygen atoms in total. The molecule has 118 valence electrons. The van der Waals surface area contributed by atoms with Crippen molar-refractivity contribution < 1.29 is 9.21 Å². The van der Waals surface area contributed by atoms with Crippen LogP contribution >= 0.6 is 0 Å². The van der Waals surface area contributed by atoms with Gasteiger partial charge in [-0.2, -0.15) is 0 Å². The molecule has 1 amide bonds. The molecule has 0 spiro atoms. The Morgan fingerprint density at radius 3 is 2.70 bits per heavy atom. The molecule has 23 heavy (non-hydrogen) atoms. The summed E-state index contributed by atoms with van der Waals surface area (Å²) in [7, 11) is 2.09. The number of piperazine rings is 1. The van der Waals surface area contributed by atoms with E-state index in [1.807, 2.05) is 23.1 Å². The number of hydrogen-bond donors (Lipinski definition) is 0. The molecule has 0 unspecified atom stereocenters. The van der Waals surface area contributed by atoms with Crippen LogP contribution in [0.5, 0.6) is 0 Å². The molecule has 0 bridgehead atoms. The minimum atomic E-state index is 0.189. The molecule has 0 atom stereocenters. The van der Waals surface area contributed by atoms with Gasteiger partial charge in [0, 0.05) is 37.1 Å². The number of furan rings is 1. The van der Waals surface area contributed by atoms with E-state index in [0.29, 0.717) is 6.42 Å². The summed E-state index contributed by atoms with van der Waals surface area (Å²) >= 11 is 0. The van der Waals surface area contributed by atoms with Gasteiger partial charge in [-0.3, -0.25) is 4.79 Å². The Balaban J connectivity index is 1.66. The van der Waals surface area contributed by atoms with Gasteiger partial charge in [0.25, 0.3) is 0 Å². The van der Waals surface area contributed by atoms with Crippen molar-refractivity contribution in [1.29, 1.82) is 0 Å². The molecule has 4 rings (SSSR count). The lowest BCUT2D eigenvalue weighted by molar-refractivity contribution is -0.132. The Labute approximate surface area is 135 Å². The second-order valence-corrected chi connectivity index (χ2v) is 6.28. The monoisotopic (exact) mass is 308 g/mol. The zero-order valence-corrected chi connectivity index (χ0v) is 13.3. The zero-order chi connectivity index (χ0) is 15.8. The molecular weight excluding hydrogens is 288 g/mol. The average molecular weight is 308 g/mol. The number of benzene rings is 2. The first-order chi connectivity index (χ1) is 11.2. The van der Waals surface area contributed by atoms with Crippen molar-refractivity contribution in [2.24, 2.45) is 0 Å². The largest absolute Gasteiger partial charge is 0.464 e. The lowest BCUT2D eigenvalue weighted by Crippen LogP contribution is -2.47. The fourth-order valence-electron chi connectivity index (χ4n) is 3.34. The first-order valence-electron chi connectivity index (χ1n) is 8.06. The van der Waals surface area contributed by atoms with E-state index >= 15 is 0 Å². The van der Waals surface area contributed by atoms with Crippen molar-refractivity contribution in [3.63, 3.8) is 0 Å². The van der Waals surface area contributed by atoms with Gasteiger partial charge in [-0.15, -0.1) is 0 Å². The molecule has 1 aliphatic heterocycles. The molecule has 3 aromatic rings. The Morgan fingerprint density at radius 1 is 1.09 bits per heavy atom. The van der Waals surface area contributed by atoms with Crippen LogP contribution in [0.1, 0.15) is 5.56 Å². The smallest absolute Gasteiger partial charge is 0.227 e. The lowest BCUT2D eigenvalue weighted by atomic mass is 10.0. The van der Waals surface area contributed by atoms with Crippen molar-refractivity contribution in [3.05, 3.63) is 48.2 Å². The number of nitrogens with zero attached hydrogens (tertiary/aromatic N) is 2. The van der Waals surface area contributed by atoms with Crippen LogP contribution in [-0.4, -0.2) is 48.9 Å². The maximum Gasteiger partial charge on any atom is 0.227 e. The van der Waals surface area contributed by atoms with Gasteiger partial charge in [-0.25, -0.2) is 0 Å². The molecule has 0 aliphatic carbocycles. The van der Waals surface area contributed by atoms with E-state index in [1.165, 1.54) is 5.39 Å². The maximum absolute atomic E-state index is 12.6. The maximum atomic E-state index is 12.6. The standard InChI is InChI=1S/C19H20N2O2/c1-20-8-10-21(11-9-20)18(22)12-15-13-23-17-7-6-14-4-2-3-5-16(14)19(15)17/h2-7,13H,8-12H2,1H3. The molecule has 4 heteroatoms. The summed E-state index contributed by atoms with van der Waals surface area (Å²) in [5, 5.41) is 3.40. The number of rotatable bonds is 2. The van der Waals surface area contributed by atoms with E-state index in [1.54, 1.807) is 6.26 Å². The Kier molecular flexibility index (Phi) is 3.54. The van der Waals surface area contributed by atoms with Crippen LogP contribution in [0.2, 0.25) is 0 Å². The van der Waals surface area contributed by atoms with E-state index in [0.717, 1.165) is 48.1 Å². The van der Waals surface area contributed by atoms with Crippen molar-refractivity contribution in [3.8, 4) is 0 Å². The molecule has 1 aliphatic rings. The zero-order valence-electron chi connectivity index (χ0n) is 13.3. The summed E-state index contributed by atoms with van der Waals surface area (Å²) < 4.78 is 5.68. The van der Waals surface area contributed by atoms with Gasteiger partial charge < -0.3 is 14.2 Å². The Hall–Kier alpha value is -2.33. The van der Waals surface area contributed by atoms with Crippen LogP contribution in [0.25, 0.3) is 21.7 Å². The highest BCUT2D eigenvalue weighted by atomic mass is 16.3. The Morgan fingerprint density at radius 2 is 1.87 bits per heavy atom. The first-order valence-corrected chi connectivity index (χ1v) is 8.06. The average Bonchev–Trinajstić information content (AvgIpc) is 2.99. The van der Waals surface area contributed by atoms with Crippen molar-refractivity contribution in [2.45, 2.75) is 6.42 Å². The quantitative estimate of drug-likeness (QED) is 0.730. The molecule has 2 heterocycles. The summed E-state index contributed by atoms with van der Waals surface area (Å²) in [6, 6.07) is 12.3. The van der Waals surface area contributed by atoms with Gasteiger partial charge in [-0.1, -0.05) is 30.3 Å². The topological polar surface area (TPSA) is 36.7 Å². The second-order valence-electron chi connectivity index (χ2n) is 6.28. The number of likely N-dealkylation sites (N-methyl/N-ethyl adjacent to an activating group) is 1. The number of carbonyl (C=O) groups excluding carboxylic acids is 1. The van der Waals surface area contributed by atoms with E-state index in [2.05, 4.69) is 30.1 Å². The van der Waals surface area contributed by atoms with Crippen LogP contribution in [0.4, 0.5) is 0 Å². The van der Waals surface area contributed by atoms with E-state index in [4.69, 9.17) is 4.42 Å². The molecule has 2 aromatic carbocycles. The minimum Gasteiger partial charge on any atom is -0.464 e. The number of hydrogen-bond acceptors (Lipinski definition) is 3. The second kappa shape index (κ2) is 5.70. The number of carbonyl (C=O) groups is 1. The summed E-state index contributed by atoms with van der Waals surface area (Å²) in [5.41, 5.74) is 1.84. The van der Waals surface area contributed by atoms with Gasteiger partial charge in [0.2, 0.25) is 5.91 Å². The van der Waals surface area contributed by atoms with Crippen LogP contribution in [-0.2, 0) is 11.2 Å². The third-order valence-electron chi connectivity index (χ3n) is 4.74. The van der Waals surface area contributed by atoms with E-state index < -0.39 is 0 Å². The lowest BCUT2D eigenvalue weighted by Gasteiger charge is -2.32. The third kappa shape index (κ3) is 2.59. The van der Waals surface area contributed by atoms with Crippen LogP contribution in [0.15, 0.2) is 47.1 Å². The van der Waals surface area contributed by atoms with Gasteiger partial charge in [0.15, 0.2) is 0 Å². The minimum absolute atomic E-state index is 0.189. The predicted octanol–water partition coefficient (Wildman–Crippen LogP) is 2.90. The van der Waals surface area contributed by atoms with Crippen LogP contribution < -0.4 is 0 Å². The third-order valence-corrected chi connectivity index (χ3v) is 4.74. The molecule has 1 aromatic heterocycles. The highest BCUT2D eigenvalue weighted by Gasteiger charge is 2.21. The summed E-state index contributed by atoms with van der Waals surface area (Å²) in [6.45, 7) is 3.51.